The highest BCUT2D eigenvalue weighted by molar-refractivity contribution is 7.18. The van der Waals surface area contributed by atoms with E-state index in [-0.39, 0.29) is 10.8 Å². The van der Waals surface area contributed by atoms with Gasteiger partial charge in [0, 0.05) is 10.6 Å². The molecule has 3 rings (SSSR count). The molecule has 0 aliphatic carbocycles. The number of rotatable bonds is 3. The van der Waals surface area contributed by atoms with Gasteiger partial charge < -0.3 is 5.11 Å². The van der Waals surface area contributed by atoms with Gasteiger partial charge in [-0.3, -0.25) is 0 Å². The maximum Gasteiger partial charge on any atom is 0.252 e. The quantitative estimate of drug-likeness (QED) is 0.621. The lowest BCUT2D eigenvalue weighted by atomic mass is 10.2. The van der Waals surface area contributed by atoms with Crippen molar-refractivity contribution in [2.45, 2.75) is 0 Å². The molecule has 8 heteroatoms. The standard InChI is InChI=1S/C14H8Cl2N4OS/c15-9-3-1-8(2-4-9)13-18-20-14(22-13)19-17-10-5-6-12(21)11(16)7-10/h1-7,21H. The Hall–Kier alpha value is -2.02. The zero-order valence-electron chi connectivity index (χ0n) is 10.9. The predicted octanol–water partition coefficient (Wildman–Crippen LogP) is 5.63. The van der Waals surface area contributed by atoms with Gasteiger partial charge in [-0.05, 0) is 30.3 Å². The summed E-state index contributed by atoms with van der Waals surface area (Å²) in [6, 6.07) is 11.9. The number of halogens is 2. The van der Waals surface area contributed by atoms with E-state index in [4.69, 9.17) is 23.2 Å². The molecule has 0 bridgehead atoms. The van der Waals surface area contributed by atoms with Crippen LogP contribution in [-0.4, -0.2) is 15.3 Å². The molecule has 5 nitrogen and oxygen atoms in total. The summed E-state index contributed by atoms with van der Waals surface area (Å²) in [5.41, 5.74) is 1.43. The molecule has 0 spiro atoms. The summed E-state index contributed by atoms with van der Waals surface area (Å²) in [4.78, 5) is 0. The second-order valence-electron chi connectivity index (χ2n) is 4.23. The SMILES string of the molecule is Oc1ccc(N=Nc2nnc(-c3ccc(Cl)cc3)s2)cc1Cl. The van der Waals surface area contributed by atoms with E-state index >= 15 is 0 Å². The minimum absolute atomic E-state index is 0.00144. The van der Waals surface area contributed by atoms with Crippen molar-refractivity contribution in [3.63, 3.8) is 0 Å². The third kappa shape index (κ3) is 3.41. The first kappa shape index (κ1) is 14.9. The van der Waals surface area contributed by atoms with Gasteiger partial charge in [0.05, 0.1) is 10.7 Å². The number of aromatic nitrogens is 2. The van der Waals surface area contributed by atoms with Crippen LogP contribution in [0.1, 0.15) is 0 Å². The highest BCUT2D eigenvalue weighted by Gasteiger charge is 2.06. The van der Waals surface area contributed by atoms with Crippen LogP contribution in [0.2, 0.25) is 10.0 Å². The fourth-order valence-electron chi connectivity index (χ4n) is 1.62. The molecule has 1 heterocycles. The van der Waals surface area contributed by atoms with Gasteiger partial charge in [0.1, 0.15) is 10.8 Å². The summed E-state index contributed by atoms with van der Waals surface area (Å²) in [7, 11) is 0. The first-order chi connectivity index (χ1) is 10.6. The average Bonchev–Trinajstić information content (AvgIpc) is 2.98. The largest absolute Gasteiger partial charge is 0.506 e. The molecular weight excluding hydrogens is 343 g/mol. The number of hydrogen-bond donors (Lipinski definition) is 1. The summed E-state index contributed by atoms with van der Waals surface area (Å²) in [5, 5.41) is 27.4. The highest BCUT2D eigenvalue weighted by atomic mass is 35.5. The molecule has 22 heavy (non-hydrogen) atoms. The number of hydrogen-bond acceptors (Lipinski definition) is 6. The second kappa shape index (κ2) is 6.39. The van der Waals surface area contributed by atoms with Crippen LogP contribution in [0, 0.1) is 0 Å². The minimum atomic E-state index is 0.00144. The number of azo groups is 1. The van der Waals surface area contributed by atoms with Crippen LogP contribution in [-0.2, 0) is 0 Å². The van der Waals surface area contributed by atoms with Gasteiger partial charge in [-0.15, -0.1) is 20.4 Å². The zero-order valence-corrected chi connectivity index (χ0v) is 13.3. The third-order valence-corrected chi connectivity index (χ3v) is 4.10. The van der Waals surface area contributed by atoms with Crippen LogP contribution in [0.3, 0.4) is 0 Å². The number of phenols is 1. The van der Waals surface area contributed by atoms with E-state index < -0.39 is 0 Å². The molecular formula is C14H8Cl2N4OS. The molecule has 0 fully saturated rings. The van der Waals surface area contributed by atoms with E-state index in [1.165, 1.54) is 23.5 Å². The summed E-state index contributed by atoms with van der Waals surface area (Å²) >= 11 is 13.0. The van der Waals surface area contributed by atoms with Crippen LogP contribution in [0.4, 0.5) is 10.8 Å². The van der Waals surface area contributed by atoms with Crippen molar-refractivity contribution in [2.24, 2.45) is 10.2 Å². The Morgan fingerprint density at radius 3 is 2.45 bits per heavy atom. The van der Waals surface area contributed by atoms with Crippen LogP contribution in [0.5, 0.6) is 5.75 Å². The third-order valence-electron chi connectivity index (χ3n) is 2.69. The Morgan fingerprint density at radius 2 is 1.73 bits per heavy atom. The van der Waals surface area contributed by atoms with E-state index in [2.05, 4.69) is 20.4 Å². The predicted molar refractivity (Wildman–Crippen MR) is 87.6 cm³/mol. The van der Waals surface area contributed by atoms with E-state index in [9.17, 15) is 5.11 Å². The monoisotopic (exact) mass is 350 g/mol. The van der Waals surface area contributed by atoms with Gasteiger partial charge in [-0.2, -0.15) is 0 Å². The normalized spacial score (nSPS) is 11.2. The maximum atomic E-state index is 9.34. The van der Waals surface area contributed by atoms with Gasteiger partial charge in [0.25, 0.3) is 5.13 Å². The van der Waals surface area contributed by atoms with Crippen LogP contribution >= 0.6 is 34.5 Å². The Morgan fingerprint density at radius 1 is 0.955 bits per heavy atom. The smallest absolute Gasteiger partial charge is 0.252 e. The Kier molecular flexibility index (Phi) is 4.33. The van der Waals surface area contributed by atoms with Gasteiger partial charge in [0.2, 0.25) is 0 Å². The topological polar surface area (TPSA) is 70.7 Å². The van der Waals surface area contributed by atoms with Crippen molar-refractivity contribution in [3.8, 4) is 16.3 Å². The van der Waals surface area contributed by atoms with Crippen molar-refractivity contribution in [2.75, 3.05) is 0 Å². The second-order valence-corrected chi connectivity index (χ2v) is 6.03. The highest BCUT2D eigenvalue weighted by Crippen LogP contribution is 2.31. The molecule has 1 aromatic heterocycles. The number of nitrogens with zero attached hydrogens (tertiary/aromatic N) is 4. The van der Waals surface area contributed by atoms with Crippen LogP contribution in [0.25, 0.3) is 10.6 Å². The zero-order chi connectivity index (χ0) is 15.5. The van der Waals surface area contributed by atoms with E-state index in [1.54, 1.807) is 18.2 Å². The van der Waals surface area contributed by atoms with E-state index in [0.29, 0.717) is 15.8 Å². The van der Waals surface area contributed by atoms with Gasteiger partial charge in [-0.25, -0.2) is 0 Å². The Balaban J connectivity index is 1.80. The summed E-state index contributed by atoms with van der Waals surface area (Å²) in [6.07, 6.45) is 0. The molecule has 0 saturated carbocycles. The molecule has 3 aromatic rings. The van der Waals surface area contributed by atoms with Crippen molar-refractivity contribution in [3.05, 3.63) is 52.5 Å². The van der Waals surface area contributed by atoms with E-state index in [1.807, 2.05) is 12.1 Å². The minimum Gasteiger partial charge on any atom is -0.506 e. The van der Waals surface area contributed by atoms with E-state index in [0.717, 1.165) is 10.6 Å². The maximum absolute atomic E-state index is 9.34. The summed E-state index contributed by atoms with van der Waals surface area (Å²) in [5.74, 6) is 0.00144. The first-order valence-electron chi connectivity index (χ1n) is 6.11. The first-order valence-corrected chi connectivity index (χ1v) is 7.69. The molecule has 0 saturated heterocycles. The van der Waals surface area contributed by atoms with Gasteiger partial charge in [-0.1, -0.05) is 46.7 Å². The fourth-order valence-corrected chi connectivity index (χ4v) is 2.60. The molecule has 0 unspecified atom stereocenters. The van der Waals surface area contributed by atoms with Crippen molar-refractivity contribution >= 4 is 45.4 Å². The molecule has 0 atom stereocenters. The molecule has 110 valence electrons. The lowest BCUT2D eigenvalue weighted by Crippen LogP contribution is -1.75. The molecule has 0 aliphatic heterocycles. The lowest BCUT2D eigenvalue weighted by molar-refractivity contribution is 0.475. The van der Waals surface area contributed by atoms with Crippen molar-refractivity contribution < 1.29 is 5.11 Å². The molecule has 1 N–H and O–H groups in total. The van der Waals surface area contributed by atoms with Gasteiger partial charge >= 0.3 is 0 Å². The number of phenolic OH excluding ortho intramolecular Hbond substituents is 1. The molecule has 0 radical (unpaired) electrons. The molecule has 0 aliphatic rings. The van der Waals surface area contributed by atoms with Crippen molar-refractivity contribution in [1.29, 1.82) is 0 Å². The average molecular weight is 351 g/mol. The fraction of sp³-hybridized carbons (Fsp3) is 0. The number of benzene rings is 2. The number of aromatic hydroxyl groups is 1. The Bertz CT molecular complexity index is 833. The summed E-state index contributed by atoms with van der Waals surface area (Å²) in [6.45, 7) is 0. The Labute approximate surface area is 139 Å². The van der Waals surface area contributed by atoms with Crippen LogP contribution < -0.4 is 0 Å². The lowest BCUT2D eigenvalue weighted by Gasteiger charge is -1.95. The van der Waals surface area contributed by atoms with Gasteiger partial charge in [0.15, 0.2) is 0 Å². The van der Waals surface area contributed by atoms with Crippen LogP contribution in [0.15, 0.2) is 52.7 Å². The van der Waals surface area contributed by atoms with Crippen molar-refractivity contribution in [1.82, 2.24) is 10.2 Å². The molecule has 0 amide bonds. The molecule has 2 aromatic carbocycles. The summed E-state index contributed by atoms with van der Waals surface area (Å²) < 4.78 is 0.